The van der Waals surface area contributed by atoms with E-state index in [4.69, 9.17) is 0 Å². The summed E-state index contributed by atoms with van der Waals surface area (Å²) in [6.45, 7) is 0. The SMILES string of the molecule is COC(=O)c1ccc(CC[C@H](C=O)OS(C)(=O)=O)cc1. The van der Waals surface area contributed by atoms with Gasteiger partial charge in [-0.25, -0.2) is 4.79 Å². The Hall–Kier alpha value is -1.73. The zero-order valence-electron chi connectivity index (χ0n) is 11.2. The molecule has 0 aromatic heterocycles. The van der Waals surface area contributed by atoms with E-state index in [1.54, 1.807) is 24.3 Å². The van der Waals surface area contributed by atoms with Crippen LogP contribution in [0.15, 0.2) is 24.3 Å². The lowest BCUT2D eigenvalue weighted by atomic mass is 10.1. The zero-order chi connectivity index (χ0) is 15.2. The molecule has 6 nitrogen and oxygen atoms in total. The van der Waals surface area contributed by atoms with Crippen LogP contribution in [-0.4, -0.2) is 40.1 Å². The predicted octanol–water partition coefficient (Wildman–Crippen LogP) is 0.950. The summed E-state index contributed by atoms with van der Waals surface area (Å²) in [6, 6.07) is 6.64. The molecular weight excluding hydrogens is 284 g/mol. The van der Waals surface area contributed by atoms with E-state index < -0.39 is 22.2 Å². The number of esters is 1. The second-order valence-electron chi connectivity index (χ2n) is 4.20. The van der Waals surface area contributed by atoms with Crippen molar-refractivity contribution in [2.75, 3.05) is 13.4 Å². The third kappa shape index (κ3) is 5.50. The summed E-state index contributed by atoms with van der Waals surface area (Å²) >= 11 is 0. The molecule has 1 atom stereocenters. The van der Waals surface area contributed by atoms with Crippen LogP contribution in [0.1, 0.15) is 22.3 Å². The Kier molecular flexibility index (Phi) is 5.84. The lowest BCUT2D eigenvalue weighted by Gasteiger charge is -2.09. The van der Waals surface area contributed by atoms with Gasteiger partial charge < -0.3 is 9.53 Å². The molecule has 0 fully saturated rings. The van der Waals surface area contributed by atoms with Crippen molar-refractivity contribution < 1.29 is 26.9 Å². The van der Waals surface area contributed by atoms with E-state index in [2.05, 4.69) is 8.92 Å². The fourth-order valence-electron chi connectivity index (χ4n) is 1.60. The third-order valence-corrected chi connectivity index (χ3v) is 3.14. The molecule has 0 spiro atoms. The van der Waals surface area contributed by atoms with Gasteiger partial charge in [-0.05, 0) is 30.5 Å². The minimum absolute atomic E-state index is 0.244. The van der Waals surface area contributed by atoms with Crippen LogP contribution in [0.4, 0.5) is 0 Å². The van der Waals surface area contributed by atoms with Crippen molar-refractivity contribution in [3.8, 4) is 0 Å². The van der Waals surface area contributed by atoms with Crippen molar-refractivity contribution in [1.82, 2.24) is 0 Å². The lowest BCUT2D eigenvalue weighted by Crippen LogP contribution is -2.19. The average Bonchev–Trinajstić information content (AvgIpc) is 2.42. The molecule has 110 valence electrons. The zero-order valence-corrected chi connectivity index (χ0v) is 12.1. The smallest absolute Gasteiger partial charge is 0.337 e. The maximum Gasteiger partial charge on any atom is 0.337 e. The van der Waals surface area contributed by atoms with Crippen LogP contribution in [-0.2, 0) is 30.3 Å². The van der Waals surface area contributed by atoms with Gasteiger partial charge in [0.15, 0.2) is 0 Å². The first kappa shape index (κ1) is 16.3. The normalized spacial score (nSPS) is 12.7. The Morgan fingerprint density at radius 3 is 2.35 bits per heavy atom. The van der Waals surface area contributed by atoms with Gasteiger partial charge in [0.2, 0.25) is 0 Å². The minimum atomic E-state index is -3.65. The Labute approximate surface area is 117 Å². The first-order valence-electron chi connectivity index (χ1n) is 5.86. The molecule has 0 aliphatic rings. The van der Waals surface area contributed by atoms with Gasteiger partial charge in [0.1, 0.15) is 12.4 Å². The highest BCUT2D eigenvalue weighted by atomic mass is 32.2. The summed E-state index contributed by atoms with van der Waals surface area (Å²) in [5.41, 5.74) is 1.29. The van der Waals surface area contributed by atoms with E-state index in [9.17, 15) is 18.0 Å². The topological polar surface area (TPSA) is 86.7 Å². The summed E-state index contributed by atoms with van der Waals surface area (Å²) in [6.07, 6.45) is 1.07. The standard InChI is InChI=1S/C13H16O6S/c1-18-13(15)11-6-3-10(4-7-11)5-8-12(9-14)19-20(2,16)17/h3-4,6-7,9,12H,5,8H2,1-2H3/t12-/m1/s1. The first-order chi connectivity index (χ1) is 9.35. The van der Waals surface area contributed by atoms with Crippen LogP contribution in [0.25, 0.3) is 0 Å². The predicted molar refractivity (Wildman–Crippen MR) is 71.9 cm³/mol. The summed E-state index contributed by atoms with van der Waals surface area (Å²) in [5, 5.41) is 0. The van der Waals surface area contributed by atoms with Crippen LogP contribution in [0.3, 0.4) is 0 Å². The quantitative estimate of drug-likeness (QED) is 0.423. The molecule has 0 bridgehead atoms. The van der Waals surface area contributed by atoms with Gasteiger partial charge >= 0.3 is 5.97 Å². The van der Waals surface area contributed by atoms with Crippen molar-refractivity contribution in [2.45, 2.75) is 18.9 Å². The molecule has 0 N–H and O–H groups in total. The molecule has 0 amide bonds. The fraction of sp³-hybridized carbons (Fsp3) is 0.385. The highest BCUT2D eigenvalue weighted by Crippen LogP contribution is 2.10. The molecule has 1 aromatic rings. The third-order valence-electron chi connectivity index (χ3n) is 2.54. The van der Waals surface area contributed by atoms with Gasteiger partial charge in [-0.15, -0.1) is 0 Å². The van der Waals surface area contributed by atoms with E-state index in [1.807, 2.05) is 0 Å². The summed E-state index contributed by atoms with van der Waals surface area (Å²) in [4.78, 5) is 22.0. The summed E-state index contributed by atoms with van der Waals surface area (Å²) in [5.74, 6) is -0.428. The number of aldehydes is 1. The summed E-state index contributed by atoms with van der Waals surface area (Å²) < 4.78 is 31.1. The molecule has 0 saturated heterocycles. The Morgan fingerprint density at radius 2 is 1.90 bits per heavy atom. The molecule has 0 heterocycles. The molecule has 1 rings (SSSR count). The van der Waals surface area contributed by atoms with Crippen LogP contribution in [0.5, 0.6) is 0 Å². The second-order valence-corrected chi connectivity index (χ2v) is 5.80. The minimum Gasteiger partial charge on any atom is -0.465 e. The van der Waals surface area contributed by atoms with Crippen molar-refractivity contribution in [2.24, 2.45) is 0 Å². The number of aryl methyl sites for hydroxylation is 1. The Balaban J connectivity index is 2.60. The molecule has 0 aliphatic heterocycles. The van der Waals surface area contributed by atoms with E-state index in [-0.39, 0.29) is 6.42 Å². The Morgan fingerprint density at radius 1 is 1.30 bits per heavy atom. The van der Waals surface area contributed by atoms with Crippen molar-refractivity contribution in [3.63, 3.8) is 0 Å². The molecule has 0 aliphatic carbocycles. The number of carbonyl (C=O) groups is 2. The molecule has 20 heavy (non-hydrogen) atoms. The molecule has 1 aromatic carbocycles. The lowest BCUT2D eigenvalue weighted by molar-refractivity contribution is -0.113. The van der Waals surface area contributed by atoms with Crippen molar-refractivity contribution in [3.05, 3.63) is 35.4 Å². The van der Waals surface area contributed by atoms with E-state index in [0.29, 0.717) is 18.3 Å². The highest BCUT2D eigenvalue weighted by Gasteiger charge is 2.14. The molecule has 0 radical (unpaired) electrons. The number of hydrogen-bond donors (Lipinski definition) is 0. The molecule has 7 heteroatoms. The average molecular weight is 300 g/mol. The maximum atomic E-state index is 11.2. The van der Waals surface area contributed by atoms with Gasteiger partial charge in [0, 0.05) is 0 Å². The first-order valence-corrected chi connectivity index (χ1v) is 7.68. The van der Waals surface area contributed by atoms with Crippen LogP contribution in [0, 0.1) is 0 Å². The van der Waals surface area contributed by atoms with Gasteiger partial charge in [-0.1, -0.05) is 12.1 Å². The fourth-order valence-corrected chi connectivity index (χ4v) is 2.19. The number of rotatable bonds is 7. The number of carbonyl (C=O) groups excluding carboxylic acids is 2. The summed E-state index contributed by atoms with van der Waals surface area (Å²) in [7, 11) is -2.35. The van der Waals surface area contributed by atoms with Crippen LogP contribution in [0.2, 0.25) is 0 Å². The van der Waals surface area contributed by atoms with E-state index >= 15 is 0 Å². The van der Waals surface area contributed by atoms with Crippen molar-refractivity contribution in [1.29, 1.82) is 0 Å². The number of ether oxygens (including phenoxy) is 1. The van der Waals surface area contributed by atoms with Gasteiger partial charge in [0.05, 0.1) is 18.9 Å². The van der Waals surface area contributed by atoms with Gasteiger partial charge in [-0.2, -0.15) is 8.42 Å². The second kappa shape index (κ2) is 7.16. The number of hydrogen-bond acceptors (Lipinski definition) is 6. The monoisotopic (exact) mass is 300 g/mol. The molecule has 0 saturated carbocycles. The number of methoxy groups -OCH3 is 1. The van der Waals surface area contributed by atoms with E-state index in [1.165, 1.54) is 7.11 Å². The Bertz CT molecular complexity index is 561. The maximum absolute atomic E-state index is 11.2. The van der Waals surface area contributed by atoms with Crippen LogP contribution >= 0.6 is 0 Å². The molecular formula is C13H16O6S. The highest BCUT2D eigenvalue weighted by molar-refractivity contribution is 7.86. The number of benzene rings is 1. The van der Waals surface area contributed by atoms with Gasteiger partial charge in [0.25, 0.3) is 10.1 Å². The molecule has 0 unspecified atom stereocenters. The largest absolute Gasteiger partial charge is 0.465 e. The van der Waals surface area contributed by atoms with E-state index in [0.717, 1.165) is 11.8 Å². The van der Waals surface area contributed by atoms with Crippen LogP contribution < -0.4 is 0 Å². The van der Waals surface area contributed by atoms with Gasteiger partial charge in [-0.3, -0.25) is 4.18 Å². The van der Waals surface area contributed by atoms with Crippen molar-refractivity contribution >= 4 is 22.4 Å².